The number of anilines is 1. The number of rotatable bonds is 5. The van der Waals surface area contributed by atoms with Crippen LogP contribution in [-0.4, -0.2) is 16.8 Å². The minimum atomic E-state index is -0.293. The first kappa shape index (κ1) is 20.3. The van der Waals surface area contributed by atoms with Gasteiger partial charge in [-0.3, -0.25) is 14.6 Å². The predicted octanol–water partition coefficient (Wildman–Crippen LogP) is 4.75. The molecule has 2 amide bonds. The maximum Gasteiger partial charge on any atom is 0.257 e. The number of pyridine rings is 1. The van der Waals surface area contributed by atoms with E-state index in [1.807, 2.05) is 70.2 Å². The number of nitrogens with zero attached hydrogens (tertiary/aromatic N) is 1. The fraction of sp³-hybridized carbons (Fsp3) is 0.208. The van der Waals surface area contributed by atoms with Crippen LogP contribution in [0, 0.1) is 20.8 Å². The average molecular weight is 387 g/mol. The molecule has 3 aromatic rings. The summed E-state index contributed by atoms with van der Waals surface area (Å²) in [5.74, 6) is -0.565. The predicted molar refractivity (Wildman–Crippen MR) is 115 cm³/mol. The van der Waals surface area contributed by atoms with E-state index in [-0.39, 0.29) is 17.9 Å². The van der Waals surface area contributed by atoms with Crippen molar-refractivity contribution in [2.75, 3.05) is 5.32 Å². The molecule has 0 saturated carbocycles. The molecule has 0 aliphatic carbocycles. The van der Waals surface area contributed by atoms with E-state index in [1.54, 1.807) is 6.07 Å². The molecule has 1 atom stereocenters. The zero-order valence-corrected chi connectivity index (χ0v) is 17.1. The molecular formula is C24H25N3O2. The van der Waals surface area contributed by atoms with Crippen molar-refractivity contribution in [1.82, 2.24) is 10.3 Å². The number of hydrogen-bond acceptors (Lipinski definition) is 3. The standard InChI is InChI=1S/C24H25N3O2/c1-15-10-16(2)22(17(3)11-15)27-24(29)21-12-20(13-25-14-21)23(28)26-18(4)19-8-6-5-7-9-19/h5-14,18H,1-4H3,(H,26,28)(H,27,29). The SMILES string of the molecule is Cc1cc(C)c(NC(=O)c2cncc(C(=O)NC(C)c3ccccc3)c2)c(C)c1. The Morgan fingerprint density at radius 1 is 0.862 bits per heavy atom. The first-order valence-corrected chi connectivity index (χ1v) is 9.55. The maximum atomic E-state index is 12.7. The molecule has 29 heavy (non-hydrogen) atoms. The molecule has 148 valence electrons. The molecule has 1 heterocycles. The van der Waals surface area contributed by atoms with E-state index >= 15 is 0 Å². The molecule has 0 aliphatic heterocycles. The van der Waals surface area contributed by atoms with Crippen LogP contribution in [0.5, 0.6) is 0 Å². The van der Waals surface area contributed by atoms with Crippen LogP contribution in [0.3, 0.4) is 0 Å². The van der Waals surface area contributed by atoms with Gasteiger partial charge in [-0.15, -0.1) is 0 Å². The molecule has 1 aromatic heterocycles. The van der Waals surface area contributed by atoms with Crippen molar-refractivity contribution in [1.29, 1.82) is 0 Å². The van der Waals surface area contributed by atoms with Crippen LogP contribution in [0.4, 0.5) is 5.69 Å². The molecular weight excluding hydrogens is 362 g/mol. The summed E-state index contributed by atoms with van der Waals surface area (Å²) in [6.07, 6.45) is 2.93. The number of benzene rings is 2. The maximum absolute atomic E-state index is 12.7. The smallest absolute Gasteiger partial charge is 0.257 e. The monoisotopic (exact) mass is 387 g/mol. The molecule has 0 saturated heterocycles. The first-order valence-electron chi connectivity index (χ1n) is 9.55. The third-order valence-corrected chi connectivity index (χ3v) is 4.83. The number of hydrogen-bond donors (Lipinski definition) is 2. The highest BCUT2D eigenvalue weighted by Gasteiger charge is 2.15. The van der Waals surface area contributed by atoms with Crippen LogP contribution in [0.15, 0.2) is 60.9 Å². The van der Waals surface area contributed by atoms with Crippen molar-refractivity contribution in [3.63, 3.8) is 0 Å². The molecule has 0 spiro atoms. The van der Waals surface area contributed by atoms with Gasteiger partial charge in [-0.25, -0.2) is 0 Å². The molecule has 3 rings (SSSR count). The van der Waals surface area contributed by atoms with Crippen LogP contribution in [0.25, 0.3) is 0 Å². The Morgan fingerprint density at radius 3 is 2.07 bits per heavy atom. The highest BCUT2D eigenvalue weighted by molar-refractivity contribution is 6.06. The van der Waals surface area contributed by atoms with E-state index in [1.165, 1.54) is 12.4 Å². The second-order valence-corrected chi connectivity index (χ2v) is 7.30. The van der Waals surface area contributed by atoms with Gasteiger partial charge in [0.15, 0.2) is 0 Å². The minimum absolute atomic E-state index is 0.154. The van der Waals surface area contributed by atoms with Gasteiger partial charge in [0.2, 0.25) is 0 Å². The highest BCUT2D eigenvalue weighted by atomic mass is 16.2. The third-order valence-electron chi connectivity index (χ3n) is 4.83. The topological polar surface area (TPSA) is 71.1 Å². The fourth-order valence-corrected chi connectivity index (χ4v) is 3.36. The quantitative estimate of drug-likeness (QED) is 0.664. The van der Waals surface area contributed by atoms with Gasteiger partial charge in [-0.2, -0.15) is 0 Å². The van der Waals surface area contributed by atoms with E-state index < -0.39 is 0 Å². The third kappa shape index (κ3) is 4.88. The molecule has 2 aromatic carbocycles. The van der Waals surface area contributed by atoms with E-state index in [0.29, 0.717) is 11.1 Å². The van der Waals surface area contributed by atoms with E-state index in [9.17, 15) is 9.59 Å². The summed E-state index contributed by atoms with van der Waals surface area (Å²) >= 11 is 0. The lowest BCUT2D eigenvalue weighted by Crippen LogP contribution is -2.27. The lowest BCUT2D eigenvalue weighted by atomic mass is 10.0. The molecule has 2 N–H and O–H groups in total. The van der Waals surface area contributed by atoms with Crippen molar-refractivity contribution in [2.45, 2.75) is 33.7 Å². The molecule has 1 unspecified atom stereocenters. The Balaban J connectivity index is 1.75. The Kier molecular flexibility index (Phi) is 6.07. The number of aryl methyl sites for hydroxylation is 3. The summed E-state index contributed by atoms with van der Waals surface area (Å²) in [7, 11) is 0. The van der Waals surface area contributed by atoms with Crippen LogP contribution in [0.1, 0.15) is 55.9 Å². The van der Waals surface area contributed by atoms with E-state index in [4.69, 9.17) is 0 Å². The number of amides is 2. The van der Waals surface area contributed by atoms with Crippen LogP contribution in [0.2, 0.25) is 0 Å². The van der Waals surface area contributed by atoms with Crippen molar-refractivity contribution < 1.29 is 9.59 Å². The molecule has 0 bridgehead atoms. The number of carbonyl (C=O) groups excluding carboxylic acids is 2. The molecule has 5 nitrogen and oxygen atoms in total. The zero-order chi connectivity index (χ0) is 21.0. The van der Waals surface area contributed by atoms with Crippen molar-refractivity contribution in [2.24, 2.45) is 0 Å². The zero-order valence-electron chi connectivity index (χ0n) is 17.1. The van der Waals surface area contributed by atoms with Crippen molar-refractivity contribution in [3.05, 3.63) is 94.3 Å². The van der Waals surface area contributed by atoms with E-state index in [0.717, 1.165) is 27.9 Å². The van der Waals surface area contributed by atoms with Gasteiger partial charge in [0.05, 0.1) is 17.2 Å². The van der Waals surface area contributed by atoms with Crippen LogP contribution >= 0.6 is 0 Å². The second-order valence-electron chi connectivity index (χ2n) is 7.30. The van der Waals surface area contributed by atoms with Gasteiger partial charge in [0.1, 0.15) is 0 Å². The van der Waals surface area contributed by atoms with Gasteiger partial charge in [0.25, 0.3) is 11.8 Å². The number of nitrogens with one attached hydrogen (secondary N) is 2. The normalized spacial score (nSPS) is 11.6. The summed E-state index contributed by atoms with van der Waals surface area (Å²) in [5, 5.41) is 5.89. The fourth-order valence-electron chi connectivity index (χ4n) is 3.36. The summed E-state index contributed by atoms with van der Waals surface area (Å²) in [6.45, 7) is 7.86. The summed E-state index contributed by atoms with van der Waals surface area (Å²) < 4.78 is 0. The summed E-state index contributed by atoms with van der Waals surface area (Å²) in [6, 6.07) is 15.2. The number of carbonyl (C=O) groups is 2. The lowest BCUT2D eigenvalue weighted by molar-refractivity contribution is 0.0939. The Hall–Kier alpha value is -3.47. The molecule has 5 heteroatoms. The lowest BCUT2D eigenvalue weighted by Gasteiger charge is -2.15. The highest BCUT2D eigenvalue weighted by Crippen LogP contribution is 2.22. The Morgan fingerprint density at radius 2 is 1.45 bits per heavy atom. The van der Waals surface area contributed by atoms with Gasteiger partial charge in [-0.05, 0) is 50.5 Å². The van der Waals surface area contributed by atoms with E-state index in [2.05, 4.69) is 15.6 Å². The molecule has 0 aliphatic rings. The Labute approximate surface area is 171 Å². The van der Waals surface area contributed by atoms with Crippen molar-refractivity contribution >= 4 is 17.5 Å². The van der Waals surface area contributed by atoms with Gasteiger partial charge < -0.3 is 10.6 Å². The summed E-state index contributed by atoms with van der Waals surface area (Å²) in [5.41, 5.74) is 5.61. The number of aromatic nitrogens is 1. The second kappa shape index (κ2) is 8.69. The van der Waals surface area contributed by atoms with Crippen LogP contribution in [-0.2, 0) is 0 Å². The van der Waals surface area contributed by atoms with Crippen molar-refractivity contribution in [3.8, 4) is 0 Å². The average Bonchev–Trinajstić information content (AvgIpc) is 2.71. The molecule has 0 radical (unpaired) electrons. The minimum Gasteiger partial charge on any atom is -0.345 e. The molecule has 0 fully saturated rings. The first-order chi connectivity index (χ1) is 13.8. The van der Waals surface area contributed by atoms with Gasteiger partial charge in [0, 0.05) is 18.1 Å². The largest absolute Gasteiger partial charge is 0.345 e. The van der Waals surface area contributed by atoms with Gasteiger partial charge >= 0.3 is 0 Å². The van der Waals surface area contributed by atoms with Crippen LogP contribution < -0.4 is 10.6 Å². The van der Waals surface area contributed by atoms with Gasteiger partial charge in [-0.1, -0.05) is 48.0 Å². The summed E-state index contributed by atoms with van der Waals surface area (Å²) in [4.78, 5) is 29.4. The Bertz CT molecular complexity index is 1020.